The second kappa shape index (κ2) is 20.0. The zero-order valence-corrected chi connectivity index (χ0v) is 34.8. The van der Waals surface area contributed by atoms with E-state index in [1.165, 1.54) is 32.7 Å². The van der Waals surface area contributed by atoms with Crippen molar-refractivity contribution in [3.63, 3.8) is 0 Å². The molecule has 0 amide bonds. The first-order chi connectivity index (χ1) is 29.0. The number of rotatable bonds is 14. The second-order valence-corrected chi connectivity index (χ2v) is 15.1. The van der Waals surface area contributed by atoms with Gasteiger partial charge in [-0.05, 0) is 130 Å². The van der Waals surface area contributed by atoms with E-state index in [2.05, 4.69) is 249 Å². The number of benzene rings is 7. The molecule has 0 aliphatic heterocycles. The van der Waals surface area contributed by atoms with Crippen molar-refractivity contribution in [2.24, 2.45) is 0 Å². The molecule has 0 saturated carbocycles. The molecule has 0 aromatic heterocycles. The Bertz CT molecular complexity index is 2610. The quantitative estimate of drug-likeness (QED) is 0.0614. The van der Waals surface area contributed by atoms with Crippen LogP contribution in [0.3, 0.4) is 0 Å². The van der Waals surface area contributed by atoms with Crippen molar-refractivity contribution >= 4 is 57.2 Å². The predicted octanol–water partition coefficient (Wildman–Crippen LogP) is 16.4. The van der Waals surface area contributed by atoms with Gasteiger partial charge in [0.1, 0.15) is 0 Å². The van der Waals surface area contributed by atoms with Crippen LogP contribution in [-0.2, 0) is 0 Å². The van der Waals surface area contributed by atoms with Crippen molar-refractivity contribution in [3.8, 4) is 11.1 Å². The van der Waals surface area contributed by atoms with Crippen LogP contribution in [-0.4, -0.2) is 6.26 Å². The third-order valence-electron chi connectivity index (χ3n) is 10.3. The molecule has 0 fully saturated rings. The highest BCUT2D eigenvalue weighted by molar-refractivity contribution is 7.98. The van der Waals surface area contributed by atoms with Gasteiger partial charge in [0.05, 0.1) is 0 Å². The van der Waals surface area contributed by atoms with Gasteiger partial charge in [-0.2, -0.15) is 0 Å². The monoisotopic (exact) mass is 779 g/mol. The summed E-state index contributed by atoms with van der Waals surface area (Å²) < 4.78 is 0. The van der Waals surface area contributed by atoms with Gasteiger partial charge in [0.2, 0.25) is 0 Å². The Labute approximate surface area is 355 Å². The smallest absolute Gasteiger partial charge is 0.0462 e. The van der Waals surface area contributed by atoms with Crippen molar-refractivity contribution in [1.82, 2.24) is 0 Å². The summed E-state index contributed by atoms with van der Waals surface area (Å²) in [4.78, 5) is 3.59. The highest BCUT2D eigenvalue weighted by Gasteiger charge is 2.14. The zero-order valence-electron chi connectivity index (χ0n) is 34.0. The lowest BCUT2D eigenvalue weighted by molar-refractivity contribution is 1.28. The molecule has 2 heteroatoms. The van der Waals surface area contributed by atoms with Gasteiger partial charge in [0.15, 0.2) is 0 Å². The summed E-state index contributed by atoms with van der Waals surface area (Å²) in [6.07, 6.45) is 17.2. The van der Waals surface area contributed by atoms with Gasteiger partial charge in [0.25, 0.3) is 0 Å². The summed E-state index contributed by atoms with van der Waals surface area (Å²) in [5, 5.41) is 0. The van der Waals surface area contributed by atoms with Crippen LogP contribution in [0.25, 0.3) is 39.5 Å². The molecule has 0 heterocycles. The third kappa shape index (κ3) is 10.2. The lowest BCUT2D eigenvalue weighted by atomic mass is 9.92. The van der Waals surface area contributed by atoms with E-state index in [9.17, 15) is 0 Å². The van der Waals surface area contributed by atoms with Gasteiger partial charge in [-0.3, -0.25) is 0 Å². The molecule has 0 saturated heterocycles. The van der Waals surface area contributed by atoms with Crippen molar-refractivity contribution in [2.45, 2.75) is 18.7 Å². The number of anilines is 3. The number of nitrogens with zero attached hydrogens (tertiary/aromatic N) is 1. The molecule has 0 aliphatic rings. The summed E-state index contributed by atoms with van der Waals surface area (Å²) in [6.45, 7) is 8.72. The van der Waals surface area contributed by atoms with Gasteiger partial charge in [-0.1, -0.05) is 189 Å². The van der Waals surface area contributed by atoms with Crippen molar-refractivity contribution in [1.29, 1.82) is 0 Å². The summed E-state index contributed by atoms with van der Waals surface area (Å²) >= 11 is 1.77. The minimum Gasteiger partial charge on any atom is -0.311 e. The van der Waals surface area contributed by atoms with Gasteiger partial charge in [-0.15, -0.1) is 11.8 Å². The van der Waals surface area contributed by atoms with E-state index in [1.54, 1.807) is 11.8 Å². The summed E-state index contributed by atoms with van der Waals surface area (Å²) in [6, 6.07) is 66.7. The molecule has 0 radical (unpaired) electrons. The molecule has 0 aliphatic carbocycles. The van der Waals surface area contributed by atoms with Gasteiger partial charge >= 0.3 is 0 Å². The molecule has 0 unspecified atom stereocenters. The molecule has 7 aromatic rings. The van der Waals surface area contributed by atoms with E-state index in [0.29, 0.717) is 0 Å². The standard InChI is InChI=1S/C57H49NS/c1-5-6-10-25-51(56-26-17-18-27-57(56)59-4)42-45-29-35-52(36-30-45)58(54-39-33-49(34-40-54)48-21-13-8-14-22-48)53-37-31-46(32-38-53)43(2)28-41-55(50-23-15-9-16-24-50)44(3)47-19-11-7-12-20-47/h5-42H,3H2,1-2,4H3/b6-5-,25-10-,43-28+,51-42-,55-41+. The Morgan fingerprint density at radius 3 is 1.66 bits per heavy atom. The normalized spacial score (nSPS) is 12.3. The summed E-state index contributed by atoms with van der Waals surface area (Å²) in [5.41, 5.74) is 15.9. The average Bonchev–Trinajstić information content (AvgIpc) is 3.30. The van der Waals surface area contributed by atoms with E-state index in [0.717, 1.165) is 50.5 Å². The largest absolute Gasteiger partial charge is 0.311 e. The Morgan fingerprint density at radius 1 is 0.525 bits per heavy atom. The van der Waals surface area contributed by atoms with Gasteiger partial charge in [-0.25, -0.2) is 0 Å². The third-order valence-corrected chi connectivity index (χ3v) is 11.1. The summed E-state index contributed by atoms with van der Waals surface area (Å²) in [7, 11) is 0. The highest BCUT2D eigenvalue weighted by atomic mass is 32.2. The molecule has 7 rings (SSSR count). The van der Waals surface area contributed by atoms with Gasteiger partial charge < -0.3 is 4.90 Å². The maximum absolute atomic E-state index is 4.51. The number of thioether (sulfide) groups is 1. The first-order valence-corrected chi connectivity index (χ1v) is 21.2. The Kier molecular flexibility index (Phi) is 13.7. The molecule has 0 bridgehead atoms. The van der Waals surface area contributed by atoms with Crippen molar-refractivity contribution < 1.29 is 0 Å². The minimum atomic E-state index is 0.998. The van der Waals surface area contributed by atoms with Crippen LogP contribution in [0.1, 0.15) is 41.7 Å². The molecule has 288 valence electrons. The van der Waals surface area contributed by atoms with Crippen molar-refractivity contribution in [3.05, 3.63) is 259 Å². The maximum Gasteiger partial charge on any atom is 0.0462 e. The molecular weight excluding hydrogens is 731 g/mol. The molecular formula is C57H49NS. The van der Waals surface area contributed by atoms with Crippen LogP contribution in [0.15, 0.2) is 236 Å². The molecule has 0 atom stereocenters. The number of allylic oxidation sites excluding steroid dienone is 10. The van der Waals surface area contributed by atoms with Crippen molar-refractivity contribution in [2.75, 3.05) is 11.2 Å². The van der Waals surface area contributed by atoms with E-state index in [-0.39, 0.29) is 0 Å². The Morgan fingerprint density at radius 2 is 1.05 bits per heavy atom. The van der Waals surface area contributed by atoms with E-state index in [1.807, 2.05) is 13.0 Å². The van der Waals surface area contributed by atoms with Crippen LogP contribution in [0.2, 0.25) is 0 Å². The Balaban J connectivity index is 1.23. The van der Waals surface area contributed by atoms with E-state index >= 15 is 0 Å². The van der Waals surface area contributed by atoms with E-state index < -0.39 is 0 Å². The highest BCUT2D eigenvalue weighted by Crippen LogP contribution is 2.38. The maximum atomic E-state index is 4.51. The van der Waals surface area contributed by atoms with Crippen LogP contribution >= 0.6 is 11.8 Å². The fraction of sp³-hybridized carbons (Fsp3) is 0.0526. The van der Waals surface area contributed by atoms with Crippen LogP contribution in [0, 0.1) is 0 Å². The molecule has 1 nitrogen and oxygen atoms in total. The zero-order chi connectivity index (χ0) is 40.8. The number of hydrogen-bond acceptors (Lipinski definition) is 2. The van der Waals surface area contributed by atoms with Crippen LogP contribution in [0.4, 0.5) is 17.1 Å². The molecule has 0 N–H and O–H groups in total. The second-order valence-electron chi connectivity index (χ2n) is 14.2. The first kappa shape index (κ1) is 40.3. The fourth-order valence-electron chi connectivity index (χ4n) is 7.11. The lowest BCUT2D eigenvalue weighted by Gasteiger charge is -2.26. The average molecular weight is 780 g/mol. The molecule has 7 aromatic carbocycles. The van der Waals surface area contributed by atoms with Gasteiger partial charge in [0, 0.05) is 22.0 Å². The topological polar surface area (TPSA) is 3.24 Å². The van der Waals surface area contributed by atoms with E-state index in [4.69, 9.17) is 0 Å². The first-order valence-electron chi connectivity index (χ1n) is 20.0. The fourth-order valence-corrected chi connectivity index (χ4v) is 7.73. The molecule has 0 spiro atoms. The number of hydrogen-bond donors (Lipinski definition) is 0. The van der Waals surface area contributed by atoms with Crippen LogP contribution in [0.5, 0.6) is 0 Å². The predicted molar refractivity (Wildman–Crippen MR) is 260 cm³/mol. The molecule has 59 heavy (non-hydrogen) atoms. The SMILES string of the molecule is C=C(/C(=C\C=C(/C)c1ccc(N(c2ccc(/C=C(/C=C\C=C/C)c3ccccc3SC)cc2)c2ccc(-c3ccccc3)cc2)cc1)c1ccccc1)c1ccccc1. The summed E-state index contributed by atoms with van der Waals surface area (Å²) in [5.74, 6) is 0. The van der Waals surface area contributed by atoms with Crippen LogP contribution < -0.4 is 4.90 Å². The minimum absolute atomic E-state index is 0.998. The Hall–Kier alpha value is -6.87. The lowest BCUT2D eigenvalue weighted by Crippen LogP contribution is -2.10.